The van der Waals surface area contributed by atoms with Gasteiger partial charge in [0.05, 0.1) is 11.6 Å². The number of rotatable bonds is 7. The molecule has 92 valence electrons. The highest BCUT2D eigenvalue weighted by molar-refractivity contribution is 7.98. The number of nitrogens with one attached hydrogen (secondary N) is 1. The van der Waals surface area contributed by atoms with Crippen LogP contribution in [0.25, 0.3) is 0 Å². The van der Waals surface area contributed by atoms with E-state index in [2.05, 4.69) is 11.6 Å². The molecule has 1 N–H and O–H groups in total. The summed E-state index contributed by atoms with van der Waals surface area (Å²) in [5, 5.41) is 11.8. The van der Waals surface area contributed by atoms with Gasteiger partial charge in [-0.15, -0.1) is 0 Å². The van der Waals surface area contributed by atoms with E-state index < -0.39 is 0 Å². The summed E-state index contributed by atoms with van der Waals surface area (Å²) in [6.07, 6.45) is 5.57. The van der Waals surface area contributed by atoms with Crippen molar-refractivity contribution in [3.05, 3.63) is 29.6 Å². The van der Waals surface area contributed by atoms with Crippen molar-refractivity contribution >= 4 is 17.4 Å². The van der Waals surface area contributed by atoms with Gasteiger partial charge in [0, 0.05) is 12.2 Å². The molecule has 17 heavy (non-hydrogen) atoms. The van der Waals surface area contributed by atoms with Crippen LogP contribution >= 0.6 is 11.8 Å². The lowest BCUT2D eigenvalue weighted by Crippen LogP contribution is -2.02. The molecule has 0 bridgehead atoms. The van der Waals surface area contributed by atoms with Gasteiger partial charge in [-0.2, -0.15) is 17.0 Å². The Labute approximate surface area is 106 Å². The van der Waals surface area contributed by atoms with Crippen LogP contribution in [-0.2, 0) is 0 Å². The first-order valence-electron chi connectivity index (χ1n) is 5.70. The second kappa shape index (κ2) is 7.97. The van der Waals surface area contributed by atoms with Gasteiger partial charge in [-0.3, -0.25) is 0 Å². The topological polar surface area (TPSA) is 35.8 Å². The maximum absolute atomic E-state index is 13.1. The summed E-state index contributed by atoms with van der Waals surface area (Å²) in [7, 11) is 0. The molecular weight excluding hydrogens is 235 g/mol. The van der Waals surface area contributed by atoms with E-state index in [9.17, 15) is 4.39 Å². The van der Waals surface area contributed by atoms with Crippen molar-refractivity contribution in [2.45, 2.75) is 19.3 Å². The second-order valence-electron chi connectivity index (χ2n) is 3.82. The van der Waals surface area contributed by atoms with E-state index in [1.54, 1.807) is 6.07 Å². The van der Waals surface area contributed by atoms with Crippen molar-refractivity contribution in [1.29, 1.82) is 5.26 Å². The molecule has 0 saturated carbocycles. The molecule has 0 fully saturated rings. The predicted octanol–water partition coefficient (Wildman–Crippen LogP) is 3.64. The minimum Gasteiger partial charge on any atom is -0.385 e. The molecule has 0 unspecified atom stereocenters. The molecule has 1 aromatic carbocycles. The second-order valence-corrected chi connectivity index (χ2v) is 4.81. The average molecular weight is 252 g/mol. The summed E-state index contributed by atoms with van der Waals surface area (Å²) in [4.78, 5) is 0. The molecular formula is C13H17FN2S. The van der Waals surface area contributed by atoms with E-state index in [0.717, 1.165) is 13.0 Å². The third kappa shape index (κ3) is 5.60. The van der Waals surface area contributed by atoms with Crippen LogP contribution in [0.2, 0.25) is 0 Å². The number of nitrogens with zero attached hydrogens (tertiary/aromatic N) is 1. The fraction of sp³-hybridized carbons (Fsp3) is 0.462. The first-order valence-corrected chi connectivity index (χ1v) is 7.09. The van der Waals surface area contributed by atoms with Crippen LogP contribution in [-0.4, -0.2) is 18.6 Å². The van der Waals surface area contributed by atoms with E-state index in [0.29, 0.717) is 11.3 Å². The van der Waals surface area contributed by atoms with Gasteiger partial charge >= 0.3 is 0 Å². The number of nitriles is 1. The number of halogens is 1. The molecule has 0 atom stereocenters. The normalized spacial score (nSPS) is 9.94. The fourth-order valence-corrected chi connectivity index (χ4v) is 2.03. The standard InChI is InChI=1S/C13H17FN2S/c1-17-6-4-2-3-5-16-13-8-11(10-15)7-12(14)9-13/h7-9,16H,2-6H2,1H3. The predicted molar refractivity (Wildman–Crippen MR) is 71.8 cm³/mol. The van der Waals surface area contributed by atoms with E-state index >= 15 is 0 Å². The van der Waals surface area contributed by atoms with Crippen LogP contribution < -0.4 is 5.32 Å². The van der Waals surface area contributed by atoms with Gasteiger partial charge in [-0.25, -0.2) is 4.39 Å². The Hall–Kier alpha value is -1.21. The van der Waals surface area contributed by atoms with Crippen LogP contribution in [0, 0.1) is 17.1 Å². The molecule has 0 spiro atoms. The van der Waals surface area contributed by atoms with Crippen molar-refractivity contribution in [1.82, 2.24) is 0 Å². The largest absolute Gasteiger partial charge is 0.385 e. The number of thioether (sulfide) groups is 1. The van der Waals surface area contributed by atoms with Crippen molar-refractivity contribution in [2.75, 3.05) is 23.9 Å². The number of benzene rings is 1. The summed E-state index contributed by atoms with van der Waals surface area (Å²) < 4.78 is 13.1. The number of anilines is 1. The lowest BCUT2D eigenvalue weighted by atomic mass is 10.2. The molecule has 0 amide bonds. The zero-order valence-corrected chi connectivity index (χ0v) is 10.8. The SMILES string of the molecule is CSCCCCCNc1cc(F)cc(C#N)c1. The zero-order valence-electron chi connectivity index (χ0n) is 10.0. The van der Waals surface area contributed by atoms with Crippen LogP contribution in [0.5, 0.6) is 0 Å². The molecule has 2 nitrogen and oxygen atoms in total. The molecule has 0 aromatic heterocycles. The van der Waals surface area contributed by atoms with Crippen molar-refractivity contribution in [2.24, 2.45) is 0 Å². The van der Waals surface area contributed by atoms with Gasteiger partial charge in [0.25, 0.3) is 0 Å². The van der Waals surface area contributed by atoms with Gasteiger partial charge in [-0.05, 0) is 43.0 Å². The maximum Gasteiger partial charge on any atom is 0.126 e. The van der Waals surface area contributed by atoms with Crippen LogP contribution in [0.15, 0.2) is 18.2 Å². The zero-order chi connectivity index (χ0) is 12.5. The highest BCUT2D eigenvalue weighted by Crippen LogP contribution is 2.13. The van der Waals surface area contributed by atoms with Crippen molar-refractivity contribution in [3.63, 3.8) is 0 Å². The van der Waals surface area contributed by atoms with Gasteiger partial charge in [-0.1, -0.05) is 6.42 Å². The minimum absolute atomic E-state index is 0.356. The Morgan fingerprint density at radius 2 is 2.12 bits per heavy atom. The van der Waals surface area contributed by atoms with Gasteiger partial charge < -0.3 is 5.32 Å². The number of hydrogen-bond acceptors (Lipinski definition) is 3. The number of unbranched alkanes of at least 4 members (excludes halogenated alkanes) is 2. The van der Waals surface area contributed by atoms with Crippen LogP contribution in [0.1, 0.15) is 24.8 Å². The summed E-state index contributed by atoms with van der Waals surface area (Å²) in [5.41, 5.74) is 1.04. The van der Waals surface area contributed by atoms with Crippen LogP contribution in [0.4, 0.5) is 10.1 Å². The van der Waals surface area contributed by atoms with E-state index in [1.807, 2.05) is 17.8 Å². The van der Waals surface area contributed by atoms with Gasteiger partial charge in [0.2, 0.25) is 0 Å². The third-order valence-electron chi connectivity index (χ3n) is 2.38. The first kappa shape index (κ1) is 13.9. The quantitative estimate of drug-likeness (QED) is 0.752. The maximum atomic E-state index is 13.1. The molecule has 1 rings (SSSR count). The molecule has 0 aliphatic heterocycles. The van der Waals surface area contributed by atoms with E-state index in [1.165, 1.54) is 30.7 Å². The molecule has 0 radical (unpaired) electrons. The highest BCUT2D eigenvalue weighted by atomic mass is 32.2. The number of hydrogen-bond donors (Lipinski definition) is 1. The van der Waals surface area contributed by atoms with Gasteiger partial charge in [0.15, 0.2) is 0 Å². The lowest BCUT2D eigenvalue weighted by molar-refractivity contribution is 0.627. The Kier molecular flexibility index (Phi) is 6.49. The van der Waals surface area contributed by atoms with Crippen molar-refractivity contribution in [3.8, 4) is 6.07 Å². The van der Waals surface area contributed by atoms with Gasteiger partial charge in [0.1, 0.15) is 5.82 Å². The molecule has 0 aliphatic carbocycles. The monoisotopic (exact) mass is 252 g/mol. The van der Waals surface area contributed by atoms with E-state index in [4.69, 9.17) is 5.26 Å². The van der Waals surface area contributed by atoms with Crippen molar-refractivity contribution < 1.29 is 4.39 Å². The smallest absolute Gasteiger partial charge is 0.126 e. The summed E-state index contributed by atoms with van der Waals surface area (Å²) in [6.45, 7) is 0.822. The summed E-state index contributed by atoms with van der Waals surface area (Å²) in [5.74, 6) is 0.826. The minimum atomic E-state index is -0.367. The Balaban J connectivity index is 2.32. The summed E-state index contributed by atoms with van der Waals surface area (Å²) in [6, 6.07) is 6.27. The van der Waals surface area contributed by atoms with Crippen LogP contribution in [0.3, 0.4) is 0 Å². The third-order valence-corrected chi connectivity index (χ3v) is 3.08. The average Bonchev–Trinajstić information content (AvgIpc) is 2.33. The molecule has 0 saturated heterocycles. The summed E-state index contributed by atoms with van der Waals surface area (Å²) >= 11 is 1.86. The molecule has 4 heteroatoms. The molecule has 1 aromatic rings. The van der Waals surface area contributed by atoms with E-state index in [-0.39, 0.29) is 5.82 Å². The lowest BCUT2D eigenvalue weighted by Gasteiger charge is -2.06. The first-order chi connectivity index (χ1) is 8.26. The molecule has 0 aliphatic rings. The highest BCUT2D eigenvalue weighted by Gasteiger charge is 1.99. The Bertz CT molecular complexity index is 387. The Morgan fingerprint density at radius 1 is 1.29 bits per heavy atom. The Morgan fingerprint density at radius 3 is 2.82 bits per heavy atom. The molecule has 0 heterocycles. The fourth-order valence-electron chi connectivity index (χ4n) is 1.54.